The highest BCUT2D eigenvalue weighted by Crippen LogP contribution is 2.56. The van der Waals surface area contributed by atoms with Crippen molar-refractivity contribution in [1.82, 2.24) is 0 Å². The molecule has 5 rings (SSSR count). The number of benzene rings is 3. The molecule has 1 amide bonds. The largest absolute Gasteiger partial charge is 0.456 e. The van der Waals surface area contributed by atoms with Crippen molar-refractivity contribution in [2.24, 2.45) is 5.73 Å². The van der Waals surface area contributed by atoms with Crippen molar-refractivity contribution in [1.29, 1.82) is 0 Å². The Morgan fingerprint density at radius 2 is 1.19 bits per heavy atom. The number of hydrogen-bond donors (Lipinski definition) is 1. The number of fused-ring (bicyclic) bond motifs is 6. The van der Waals surface area contributed by atoms with E-state index in [2.05, 4.69) is 31.9 Å². The van der Waals surface area contributed by atoms with Gasteiger partial charge in [0, 0.05) is 60.1 Å². The Balaban J connectivity index is 1.29. The number of amides is 1. The first-order chi connectivity index (χ1) is 26.3. The van der Waals surface area contributed by atoms with Crippen LogP contribution in [0.2, 0.25) is 0 Å². The number of esters is 1. The van der Waals surface area contributed by atoms with E-state index >= 15 is 0 Å². The van der Waals surface area contributed by atoms with Crippen LogP contribution in [0.25, 0.3) is 0 Å². The van der Waals surface area contributed by atoms with Crippen LogP contribution in [0.4, 0.5) is 0 Å². The molecule has 3 aromatic carbocycles. The molecule has 3 aromatic rings. The molecule has 13 heteroatoms. The highest BCUT2D eigenvalue weighted by molar-refractivity contribution is 9.09. The lowest BCUT2D eigenvalue weighted by molar-refractivity contribution is 0.0224. The smallest absolute Gasteiger partial charge is 0.340 e. The third-order valence-corrected chi connectivity index (χ3v) is 11.1. The minimum Gasteiger partial charge on any atom is -0.456 e. The van der Waals surface area contributed by atoms with Gasteiger partial charge < -0.3 is 34.2 Å². The number of hydrogen-bond acceptors (Lipinski definition) is 8. The van der Waals surface area contributed by atoms with Gasteiger partial charge in [0.25, 0.3) is 0 Å². The van der Waals surface area contributed by atoms with Crippen LogP contribution < -0.4 is 10.5 Å². The van der Waals surface area contributed by atoms with Gasteiger partial charge in [0.05, 0.1) is 32.0 Å². The first kappa shape index (κ1) is 42.9. The second kappa shape index (κ2) is 21.9. The van der Waals surface area contributed by atoms with Crippen LogP contribution in [0, 0.1) is 0 Å². The van der Waals surface area contributed by atoms with E-state index in [0.717, 1.165) is 62.5 Å². The van der Waals surface area contributed by atoms with E-state index in [1.165, 1.54) is 0 Å². The fourth-order valence-corrected chi connectivity index (χ4v) is 8.18. The maximum absolute atomic E-state index is 13.5. The molecule has 0 saturated heterocycles. The third-order valence-electron chi connectivity index (χ3n) is 9.41. The van der Waals surface area contributed by atoms with E-state index in [1.54, 1.807) is 18.2 Å². The zero-order chi connectivity index (χ0) is 38.3. The summed E-state index contributed by atoms with van der Waals surface area (Å²) in [6, 6.07) is 16.5. The highest BCUT2D eigenvalue weighted by atomic mass is 79.9. The molecule has 1 spiro atoms. The molecule has 2 atom stereocenters. The van der Waals surface area contributed by atoms with Crippen molar-refractivity contribution in [2.45, 2.75) is 79.8 Å². The van der Waals surface area contributed by atoms with E-state index in [1.807, 2.05) is 36.4 Å². The van der Waals surface area contributed by atoms with Gasteiger partial charge in [-0.05, 0) is 67.1 Å². The van der Waals surface area contributed by atoms with Gasteiger partial charge in [-0.1, -0.05) is 81.8 Å². The Morgan fingerprint density at radius 3 is 1.69 bits per heavy atom. The Hall–Kier alpha value is -2.22. The van der Waals surface area contributed by atoms with E-state index in [4.69, 9.17) is 57.4 Å². The van der Waals surface area contributed by atoms with Crippen LogP contribution in [0.3, 0.4) is 0 Å². The summed E-state index contributed by atoms with van der Waals surface area (Å²) in [7, 11) is 0. The van der Waals surface area contributed by atoms with Crippen molar-refractivity contribution < 1.29 is 38.0 Å². The van der Waals surface area contributed by atoms with Crippen LogP contribution in [0.5, 0.6) is 11.5 Å². The van der Waals surface area contributed by atoms with Gasteiger partial charge in [0.1, 0.15) is 21.5 Å². The molecule has 0 radical (unpaired) electrons. The Morgan fingerprint density at radius 1 is 0.667 bits per heavy atom. The summed E-state index contributed by atoms with van der Waals surface area (Å²) in [5.41, 5.74) is 8.72. The zero-order valence-electron chi connectivity index (χ0n) is 30.4. The summed E-state index contributed by atoms with van der Waals surface area (Å²) in [5, 5.41) is -0.519. The van der Waals surface area contributed by atoms with Crippen molar-refractivity contribution in [3.63, 3.8) is 0 Å². The molecule has 0 fully saturated rings. The van der Waals surface area contributed by atoms with Gasteiger partial charge in [0.15, 0.2) is 5.60 Å². The Labute approximate surface area is 345 Å². The zero-order valence-corrected chi connectivity index (χ0v) is 35.1. The first-order valence-electron chi connectivity index (χ1n) is 18.7. The molecule has 0 saturated carbocycles. The van der Waals surface area contributed by atoms with Gasteiger partial charge >= 0.3 is 5.97 Å². The number of ether oxygens (including phenoxy) is 6. The molecule has 2 unspecified atom stereocenters. The second-order valence-corrected chi connectivity index (χ2v) is 16.2. The molecule has 2 aliphatic heterocycles. The summed E-state index contributed by atoms with van der Waals surface area (Å²) in [6.45, 7) is 3.33. The van der Waals surface area contributed by atoms with Crippen LogP contribution in [0.15, 0.2) is 54.6 Å². The number of carbonyl (C=O) groups excluding carboxylic acids is 2. The molecule has 0 bridgehead atoms. The van der Waals surface area contributed by atoms with E-state index in [9.17, 15) is 9.59 Å². The number of alkyl halides is 4. The predicted molar refractivity (Wildman–Crippen MR) is 218 cm³/mol. The number of rotatable bonds is 25. The maximum atomic E-state index is 13.5. The molecule has 54 heavy (non-hydrogen) atoms. The van der Waals surface area contributed by atoms with E-state index in [0.29, 0.717) is 98.0 Å². The minimum atomic E-state index is -1.35. The third kappa shape index (κ3) is 11.4. The van der Waals surface area contributed by atoms with Crippen molar-refractivity contribution in [2.75, 3.05) is 51.4 Å². The highest BCUT2D eigenvalue weighted by Gasteiger charge is 2.53. The van der Waals surface area contributed by atoms with Crippen LogP contribution in [-0.2, 0) is 42.1 Å². The van der Waals surface area contributed by atoms with E-state index < -0.39 is 17.5 Å². The van der Waals surface area contributed by atoms with Crippen molar-refractivity contribution in [3.8, 4) is 11.5 Å². The normalized spacial score (nSPS) is 16.7. The monoisotopic (exact) mass is 911 g/mol. The molecule has 0 aliphatic carbocycles. The second-order valence-electron chi connectivity index (χ2n) is 13.4. The maximum Gasteiger partial charge on any atom is 0.340 e. The van der Waals surface area contributed by atoms with Crippen LogP contribution in [-0.4, -0.2) is 73.3 Å². The SMILES string of the molecule is NC(=O)c1ccc2c(c1)C1(OC2=O)c2ccc(CC(Br)OCCOCCCCCCCl)cc2Oc2cc(CC(Br)OCCOCCCCCCCl)ccc21. The lowest BCUT2D eigenvalue weighted by atomic mass is 9.76. The summed E-state index contributed by atoms with van der Waals surface area (Å²) >= 11 is 18.8. The van der Waals surface area contributed by atoms with Crippen molar-refractivity contribution >= 4 is 66.9 Å². The number of primary amides is 1. The fraction of sp³-hybridized carbons (Fsp3) is 0.512. The fourth-order valence-electron chi connectivity index (χ4n) is 6.68. The number of carbonyl (C=O) groups is 2. The number of nitrogens with two attached hydrogens (primary N) is 1. The Bertz CT molecular complexity index is 1620. The van der Waals surface area contributed by atoms with E-state index in [-0.39, 0.29) is 15.6 Å². The average molecular weight is 915 g/mol. The molecule has 2 N–H and O–H groups in total. The lowest BCUT2D eigenvalue weighted by Crippen LogP contribution is -2.33. The van der Waals surface area contributed by atoms with Gasteiger partial charge in [-0.3, -0.25) is 4.79 Å². The average Bonchev–Trinajstić information content (AvgIpc) is 3.44. The minimum absolute atomic E-state index is 0.259. The molecular weight excluding hydrogens is 865 g/mol. The molecule has 0 aromatic heterocycles. The van der Waals surface area contributed by atoms with Gasteiger partial charge in [0.2, 0.25) is 5.91 Å². The van der Waals surface area contributed by atoms with Crippen molar-refractivity contribution in [3.05, 3.63) is 93.5 Å². The molecule has 2 aliphatic rings. The molecule has 294 valence electrons. The Kier molecular flexibility index (Phi) is 17.4. The topological polar surface area (TPSA) is 116 Å². The molecule has 9 nitrogen and oxygen atoms in total. The van der Waals surface area contributed by atoms with Crippen LogP contribution in [0.1, 0.15) is 99.9 Å². The summed E-state index contributed by atoms with van der Waals surface area (Å²) in [5.74, 6) is 1.38. The lowest BCUT2D eigenvalue weighted by Gasteiger charge is -2.37. The quantitative estimate of drug-likeness (QED) is 0.0508. The number of unbranched alkanes of at least 4 members (excludes halogenated alkanes) is 6. The van der Waals surface area contributed by atoms with Crippen LogP contribution >= 0.6 is 55.1 Å². The standard InChI is InChI=1S/C41H49Br2Cl2NO8/c42-37(51-21-19-49-17-7-3-1-5-15-44)25-28-9-13-32-35(23-28)53-36-24-29(26-38(43)52-22-20-50-18-8-4-2-6-16-45)10-14-33(36)41(32)34-27-30(39(46)47)11-12-31(34)40(48)54-41/h9-14,23-24,27,37-38H,1-8,15-22,25-26H2,(H2,46,47). The summed E-state index contributed by atoms with van der Waals surface area (Å²) in [4.78, 5) is 25.8. The van der Waals surface area contributed by atoms with Gasteiger partial charge in [-0.25, -0.2) is 4.79 Å². The van der Waals surface area contributed by atoms with Gasteiger partial charge in [-0.2, -0.15) is 0 Å². The van der Waals surface area contributed by atoms with Gasteiger partial charge in [-0.15, -0.1) is 23.2 Å². The summed E-state index contributed by atoms with van der Waals surface area (Å²) < 4.78 is 36.4. The number of halogens is 4. The molecule has 2 heterocycles. The first-order valence-corrected chi connectivity index (χ1v) is 21.6. The predicted octanol–water partition coefficient (Wildman–Crippen LogP) is 9.55. The molecular formula is C41H49Br2Cl2NO8. The summed E-state index contributed by atoms with van der Waals surface area (Å²) in [6.07, 6.45) is 9.65.